The minimum atomic E-state index is 0.453. The normalized spacial score (nSPS) is 10.4. The second-order valence-electron chi connectivity index (χ2n) is 2.99. The van der Waals surface area contributed by atoms with E-state index in [1.165, 1.54) is 0 Å². The van der Waals surface area contributed by atoms with Crippen LogP contribution in [0.15, 0.2) is 22.7 Å². The van der Waals surface area contributed by atoms with Gasteiger partial charge in [-0.25, -0.2) is 0 Å². The van der Waals surface area contributed by atoms with Crippen LogP contribution in [-0.4, -0.2) is 10.1 Å². The topological polar surface area (TPSA) is 91.0 Å². The van der Waals surface area contributed by atoms with Gasteiger partial charge in [-0.15, -0.1) is 0 Å². The first-order chi connectivity index (χ1) is 6.66. The van der Waals surface area contributed by atoms with Crippen LogP contribution in [0, 0.1) is 6.92 Å². The smallest absolute Gasteiger partial charge is 0.257 e. The van der Waals surface area contributed by atoms with E-state index in [-0.39, 0.29) is 0 Å². The minimum Gasteiger partial charge on any atom is -0.397 e. The van der Waals surface area contributed by atoms with Gasteiger partial charge in [-0.1, -0.05) is 5.16 Å². The molecule has 1 aromatic carbocycles. The Balaban J connectivity index is 2.47. The molecule has 1 heterocycles. The summed E-state index contributed by atoms with van der Waals surface area (Å²) in [5, 5.41) is 3.69. The van der Waals surface area contributed by atoms with Crippen LogP contribution in [0.4, 0.5) is 11.4 Å². The van der Waals surface area contributed by atoms with E-state index >= 15 is 0 Å². The third-order valence-corrected chi connectivity index (χ3v) is 1.86. The van der Waals surface area contributed by atoms with Gasteiger partial charge in [0.2, 0.25) is 0 Å². The number of aryl methyl sites for hydroxylation is 1. The third-order valence-electron chi connectivity index (χ3n) is 1.86. The van der Waals surface area contributed by atoms with Crippen LogP contribution < -0.4 is 11.5 Å². The maximum atomic E-state index is 5.65. The molecular formula is C9H10N4O. The second kappa shape index (κ2) is 3.02. The summed E-state index contributed by atoms with van der Waals surface area (Å²) in [5.41, 5.74) is 13.1. The van der Waals surface area contributed by atoms with E-state index < -0.39 is 0 Å². The SMILES string of the molecule is Cc1noc(-c2ccc(N)c(N)c2)n1. The van der Waals surface area contributed by atoms with Crippen LogP contribution in [0.3, 0.4) is 0 Å². The Morgan fingerprint density at radius 1 is 1.21 bits per heavy atom. The first kappa shape index (κ1) is 8.55. The molecule has 72 valence electrons. The Labute approximate surface area is 80.7 Å². The van der Waals surface area contributed by atoms with Crippen molar-refractivity contribution in [2.24, 2.45) is 0 Å². The third kappa shape index (κ3) is 1.39. The van der Waals surface area contributed by atoms with Gasteiger partial charge in [-0.2, -0.15) is 4.98 Å². The van der Waals surface area contributed by atoms with Gasteiger partial charge in [0.25, 0.3) is 5.89 Å². The largest absolute Gasteiger partial charge is 0.397 e. The number of hydrogen-bond acceptors (Lipinski definition) is 5. The lowest BCUT2D eigenvalue weighted by Crippen LogP contribution is -1.94. The number of anilines is 2. The first-order valence-corrected chi connectivity index (χ1v) is 4.12. The van der Waals surface area contributed by atoms with E-state index in [0.29, 0.717) is 23.1 Å². The van der Waals surface area contributed by atoms with Gasteiger partial charge in [-0.05, 0) is 25.1 Å². The quantitative estimate of drug-likeness (QED) is 0.659. The summed E-state index contributed by atoms with van der Waals surface area (Å²) < 4.78 is 4.99. The van der Waals surface area contributed by atoms with Crippen LogP contribution >= 0.6 is 0 Å². The number of nitrogens with two attached hydrogens (primary N) is 2. The molecule has 5 nitrogen and oxygen atoms in total. The molecule has 0 fully saturated rings. The summed E-state index contributed by atoms with van der Waals surface area (Å²) in [5.74, 6) is 1.05. The van der Waals surface area contributed by atoms with Crippen molar-refractivity contribution < 1.29 is 4.52 Å². The van der Waals surface area contributed by atoms with Crippen LogP contribution in [0.5, 0.6) is 0 Å². The van der Waals surface area contributed by atoms with Gasteiger partial charge in [0.1, 0.15) is 0 Å². The molecule has 0 bridgehead atoms. The Morgan fingerprint density at radius 2 is 2.00 bits per heavy atom. The number of benzene rings is 1. The lowest BCUT2D eigenvalue weighted by atomic mass is 10.2. The van der Waals surface area contributed by atoms with Crippen molar-refractivity contribution in [3.05, 3.63) is 24.0 Å². The number of rotatable bonds is 1. The number of hydrogen-bond donors (Lipinski definition) is 2. The molecule has 14 heavy (non-hydrogen) atoms. The van der Waals surface area contributed by atoms with Crippen molar-refractivity contribution in [3.63, 3.8) is 0 Å². The summed E-state index contributed by atoms with van der Waals surface area (Å²) in [6, 6.07) is 5.21. The highest BCUT2D eigenvalue weighted by molar-refractivity contribution is 5.70. The molecule has 0 atom stereocenters. The Hall–Kier alpha value is -2.04. The Bertz CT molecular complexity index is 464. The number of nitrogens with zero attached hydrogens (tertiary/aromatic N) is 2. The minimum absolute atomic E-state index is 0.453. The van der Waals surface area contributed by atoms with E-state index in [1.807, 2.05) is 0 Å². The van der Waals surface area contributed by atoms with E-state index in [2.05, 4.69) is 10.1 Å². The van der Waals surface area contributed by atoms with E-state index in [0.717, 1.165) is 5.56 Å². The maximum absolute atomic E-state index is 5.65. The predicted molar refractivity (Wildman–Crippen MR) is 53.3 cm³/mol. The predicted octanol–water partition coefficient (Wildman–Crippen LogP) is 1.21. The fraction of sp³-hybridized carbons (Fsp3) is 0.111. The van der Waals surface area contributed by atoms with Crippen LogP contribution in [0.2, 0.25) is 0 Å². The van der Waals surface area contributed by atoms with Crippen molar-refractivity contribution in [1.29, 1.82) is 0 Å². The second-order valence-corrected chi connectivity index (χ2v) is 2.99. The highest BCUT2D eigenvalue weighted by Crippen LogP contribution is 2.23. The molecule has 0 amide bonds. The fourth-order valence-corrected chi connectivity index (χ4v) is 1.12. The highest BCUT2D eigenvalue weighted by atomic mass is 16.5. The van der Waals surface area contributed by atoms with Crippen molar-refractivity contribution in [2.75, 3.05) is 11.5 Å². The average Bonchev–Trinajstić information content (AvgIpc) is 2.57. The van der Waals surface area contributed by atoms with Crippen molar-refractivity contribution in [2.45, 2.75) is 6.92 Å². The standard InChI is InChI=1S/C9H10N4O/c1-5-12-9(14-13-5)6-2-3-7(10)8(11)4-6/h2-4H,10-11H2,1H3. The summed E-state index contributed by atoms with van der Waals surface area (Å²) in [7, 11) is 0. The zero-order chi connectivity index (χ0) is 10.1. The van der Waals surface area contributed by atoms with Gasteiger partial charge in [0, 0.05) is 5.56 Å². The van der Waals surface area contributed by atoms with Gasteiger partial charge in [0.05, 0.1) is 11.4 Å². The van der Waals surface area contributed by atoms with Crippen molar-refractivity contribution in [3.8, 4) is 11.5 Å². The van der Waals surface area contributed by atoms with Crippen LogP contribution in [-0.2, 0) is 0 Å². The van der Waals surface area contributed by atoms with Gasteiger partial charge in [0.15, 0.2) is 5.82 Å². The summed E-state index contributed by atoms with van der Waals surface area (Å²) in [4.78, 5) is 4.08. The first-order valence-electron chi connectivity index (χ1n) is 4.12. The zero-order valence-corrected chi connectivity index (χ0v) is 7.69. The molecule has 2 rings (SSSR count). The van der Waals surface area contributed by atoms with E-state index in [1.54, 1.807) is 25.1 Å². The molecule has 0 radical (unpaired) electrons. The monoisotopic (exact) mass is 190 g/mol. The molecule has 0 aliphatic rings. The van der Waals surface area contributed by atoms with Gasteiger partial charge in [-0.3, -0.25) is 0 Å². The van der Waals surface area contributed by atoms with Gasteiger partial charge < -0.3 is 16.0 Å². The highest BCUT2D eigenvalue weighted by Gasteiger charge is 2.06. The molecule has 0 aliphatic heterocycles. The zero-order valence-electron chi connectivity index (χ0n) is 7.69. The summed E-state index contributed by atoms with van der Waals surface area (Å²) in [6.07, 6.45) is 0. The van der Waals surface area contributed by atoms with Crippen molar-refractivity contribution >= 4 is 11.4 Å². The summed E-state index contributed by atoms with van der Waals surface area (Å²) in [6.45, 7) is 1.76. The average molecular weight is 190 g/mol. The lowest BCUT2D eigenvalue weighted by Gasteiger charge is -2.00. The Kier molecular flexibility index (Phi) is 1.85. The molecule has 0 saturated carbocycles. The molecule has 0 spiro atoms. The number of nitrogen functional groups attached to an aromatic ring is 2. The van der Waals surface area contributed by atoms with Crippen LogP contribution in [0.25, 0.3) is 11.5 Å². The summed E-state index contributed by atoms with van der Waals surface area (Å²) >= 11 is 0. The fourth-order valence-electron chi connectivity index (χ4n) is 1.12. The molecular weight excluding hydrogens is 180 g/mol. The molecule has 1 aromatic heterocycles. The molecule has 0 saturated heterocycles. The molecule has 5 heteroatoms. The molecule has 4 N–H and O–H groups in total. The lowest BCUT2D eigenvalue weighted by molar-refractivity contribution is 0.425. The molecule has 0 unspecified atom stereocenters. The van der Waals surface area contributed by atoms with Crippen LogP contribution in [0.1, 0.15) is 5.82 Å². The van der Waals surface area contributed by atoms with E-state index in [4.69, 9.17) is 16.0 Å². The van der Waals surface area contributed by atoms with Gasteiger partial charge >= 0.3 is 0 Å². The molecule has 2 aromatic rings. The Morgan fingerprint density at radius 3 is 2.57 bits per heavy atom. The molecule has 0 aliphatic carbocycles. The van der Waals surface area contributed by atoms with Crippen molar-refractivity contribution in [1.82, 2.24) is 10.1 Å². The maximum Gasteiger partial charge on any atom is 0.257 e. The number of aromatic nitrogens is 2. The van der Waals surface area contributed by atoms with E-state index in [9.17, 15) is 0 Å².